The van der Waals surface area contributed by atoms with Gasteiger partial charge in [0, 0.05) is 18.2 Å². The Hall–Kier alpha value is -1.27. The van der Waals surface area contributed by atoms with Gasteiger partial charge in [0.25, 0.3) is 0 Å². The van der Waals surface area contributed by atoms with Crippen LogP contribution in [0.15, 0.2) is 18.2 Å². The zero-order chi connectivity index (χ0) is 16.0. The second-order valence-electron chi connectivity index (χ2n) is 5.10. The van der Waals surface area contributed by atoms with E-state index < -0.39 is 12.7 Å². The van der Waals surface area contributed by atoms with Gasteiger partial charge >= 0.3 is 6.18 Å². The van der Waals surface area contributed by atoms with Crippen molar-refractivity contribution in [1.82, 2.24) is 10.2 Å². The van der Waals surface area contributed by atoms with E-state index in [4.69, 9.17) is 4.74 Å². The van der Waals surface area contributed by atoms with Crippen LogP contribution in [0.25, 0.3) is 0 Å². The Morgan fingerprint density at radius 2 is 2.00 bits per heavy atom. The topological polar surface area (TPSA) is 24.5 Å². The average molecular weight is 304 g/mol. The SMILES string of the molecule is CCOc1ccc(C(C)NC)cc1CN(C)CC(F)(F)F. The highest BCUT2D eigenvalue weighted by Crippen LogP contribution is 2.26. The Balaban J connectivity index is 2.95. The van der Waals surface area contributed by atoms with E-state index in [9.17, 15) is 13.2 Å². The third-order valence-corrected chi connectivity index (χ3v) is 3.21. The third-order valence-electron chi connectivity index (χ3n) is 3.21. The van der Waals surface area contributed by atoms with E-state index in [1.807, 2.05) is 39.1 Å². The zero-order valence-corrected chi connectivity index (χ0v) is 12.9. The van der Waals surface area contributed by atoms with Crippen LogP contribution in [0.3, 0.4) is 0 Å². The van der Waals surface area contributed by atoms with Crippen LogP contribution < -0.4 is 10.1 Å². The van der Waals surface area contributed by atoms with Gasteiger partial charge in [0.05, 0.1) is 13.2 Å². The van der Waals surface area contributed by atoms with Crippen molar-refractivity contribution in [3.63, 3.8) is 0 Å². The lowest BCUT2D eigenvalue weighted by Crippen LogP contribution is -2.30. The van der Waals surface area contributed by atoms with Gasteiger partial charge in [-0.15, -0.1) is 0 Å². The normalized spacial score (nSPS) is 13.5. The van der Waals surface area contributed by atoms with E-state index >= 15 is 0 Å². The maximum atomic E-state index is 12.4. The van der Waals surface area contributed by atoms with Gasteiger partial charge < -0.3 is 10.1 Å². The van der Waals surface area contributed by atoms with Gasteiger partial charge in [0.2, 0.25) is 0 Å². The van der Waals surface area contributed by atoms with Crippen LogP contribution in [-0.2, 0) is 6.54 Å². The van der Waals surface area contributed by atoms with Gasteiger partial charge in [-0.1, -0.05) is 6.07 Å². The fourth-order valence-corrected chi connectivity index (χ4v) is 2.11. The molecule has 1 N–H and O–H groups in total. The number of halogens is 3. The van der Waals surface area contributed by atoms with E-state index in [-0.39, 0.29) is 12.6 Å². The van der Waals surface area contributed by atoms with Crippen molar-refractivity contribution in [2.75, 3.05) is 27.2 Å². The van der Waals surface area contributed by atoms with Crippen molar-refractivity contribution in [1.29, 1.82) is 0 Å². The molecule has 0 aromatic heterocycles. The fourth-order valence-electron chi connectivity index (χ4n) is 2.11. The average Bonchev–Trinajstić information content (AvgIpc) is 2.37. The van der Waals surface area contributed by atoms with E-state index in [1.54, 1.807) is 0 Å². The van der Waals surface area contributed by atoms with Crippen LogP contribution in [0.1, 0.15) is 31.0 Å². The van der Waals surface area contributed by atoms with Gasteiger partial charge in [-0.25, -0.2) is 0 Å². The number of alkyl halides is 3. The van der Waals surface area contributed by atoms with Crippen molar-refractivity contribution in [2.24, 2.45) is 0 Å². The molecule has 0 aliphatic carbocycles. The number of hydrogen-bond acceptors (Lipinski definition) is 3. The van der Waals surface area contributed by atoms with E-state index in [0.29, 0.717) is 12.4 Å². The summed E-state index contributed by atoms with van der Waals surface area (Å²) in [6.07, 6.45) is -4.20. The quantitative estimate of drug-likeness (QED) is 0.836. The molecule has 120 valence electrons. The first-order valence-electron chi connectivity index (χ1n) is 6.95. The molecule has 0 spiro atoms. The monoisotopic (exact) mass is 304 g/mol. The van der Waals surface area contributed by atoms with Crippen molar-refractivity contribution in [3.8, 4) is 5.75 Å². The summed E-state index contributed by atoms with van der Waals surface area (Å²) in [5.41, 5.74) is 1.79. The summed E-state index contributed by atoms with van der Waals surface area (Å²) in [6, 6.07) is 5.79. The van der Waals surface area contributed by atoms with E-state index in [2.05, 4.69) is 5.32 Å². The predicted molar refractivity (Wildman–Crippen MR) is 77.5 cm³/mol. The van der Waals surface area contributed by atoms with Gasteiger partial charge in [-0.2, -0.15) is 13.2 Å². The fraction of sp³-hybridized carbons (Fsp3) is 0.600. The molecule has 0 saturated carbocycles. The molecule has 1 aromatic rings. The van der Waals surface area contributed by atoms with Gasteiger partial charge in [0.15, 0.2) is 0 Å². The van der Waals surface area contributed by atoms with Crippen LogP contribution in [0.5, 0.6) is 5.75 Å². The minimum absolute atomic E-state index is 0.132. The van der Waals surface area contributed by atoms with E-state index in [0.717, 1.165) is 11.1 Å². The molecule has 0 aliphatic rings. The summed E-state index contributed by atoms with van der Waals surface area (Å²) in [7, 11) is 3.30. The minimum atomic E-state index is -4.20. The molecule has 0 fully saturated rings. The smallest absolute Gasteiger partial charge is 0.401 e. The molecular weight excluding hydrogens is 281 g/mol. The number of rotatable bonds is 7. The Morgan fingerprint density at radius 1 is 1.33 bits per heavy atom. The molecule has 0 aliphatic heterocycles. The summed E-state index contributed by atoms with van der Waals surface area (Å²) in [5, 5.41) is 3.12. The lowest BCUT2D eigenvalue weighted by Gasteiger charge is -2.21. The first-order valence-corrected chi connectivity index (χ1v) is 6.95. The molecule has 6 heteroatoms. The number of hydrogen-bond donors (Lipinski definition) is 1. The zero-order valence-electron chi connectivity index (χ0n) is 12.9. The summed E-state index contributed by atoms with van der Waals surface area (Å²) in [4.78, 5) is 1.24. The number of nitrogens with zero attached hydrogens (tertiary/aromatic N) is 1. The molecule has 1 unspecified atom stereocenters. The minimum Gasteiger partial charge on any atom is -0.494 e. The van der Waals surface area contributed by atoms with Gasteiger partial charge in [-0.05, 0) is 45.6 Å². The molecule has 0 radical (unpaired) electrons. The number of ether oxygens (including phenoxy) is 1. The Kier molecular flexibility index (Phi) is 6.48. The number of nitrogens with one attached hydrogen (secondary N) is 1. The summed E-state index contributed by atoms with van der Waals surface area (Å²) < 4.78 is 42.8. The standard InChI is InChI=1S/C15H23F3N2O/c1-5-21-14-7-6-12(11(2)19-3)8-13(14)9-20(4)10-15(16,17)18/h6-8,11,19H,5,9-10H2,1-4H3. The number of benzene rings is 1. The Labute approximate surface area is 124 Å². The lowest BCUT2D eigenvalue weighted by molar-refractivity contribution is -0.144. The Bertz CT molecular complexity index is 449. The highest BCUT2D eigenvalue weighted by Gasteiger charge is 2.29. The van der Waals surface area contributed by atoms with Gasteiger partial charge in [0.1, 0.15) is 5.75 Å². The molecule has 3 nitrogen and oxygen atoms in total. The van der Waals surface area contributed by atoms with Crippen LogP contribution in [0.4, 0.5) is 13.2 Å². The first-order chi connectivity index (χ1) is 9.76. The second kappa shape index (κ2) is 7.66. The van der Waals surface area contributed by atoms with Crippen molar-refractivity contribution in [2.45, 2.75) is 32.6 Å². The predicted octanol–water partition coefficient (Wildman–Crippen LogP) is 3.36. The van der Waals surface area contributed by atoms with Crippen LogP contribution in [-0.4, -0.2) is 38.3 Å². The van der Waals surface area contributed by atoms with Crippen molar-refractivity contribution >= 4 is 0 Å². The van der Waals surface area contributed by atoms with Crippen LogP contribution in [0.2, 0.25) is 0 Å². The van der Waals surface area contributed by atoms with Crippen molar-refractivity contribution < 1.29 is 17.9 Å². The molecule has 1 aromatic carbocycles. The molecule has 1 atom stereocenters. The summed E-state index contributed by atoms with van der Waals surface area (Å²) in [6.45, 7) is 3.59. The second-order valence-corrected chi connectivity index (χ2v) is 5.10. The first kappa shape index (κ1) is 17.8. The molecule has 0 heterocycles. The molecular formula is C15H23F3N2O. The molecule has 0 bridgehead atoms. The molecule has 21 heavy (non-hydrogen) atoms. The van der Waals surface area contributed by atoms with Crippen LogP contribution in [0, 0.1) is 0 Å². The van der Waals surface area contributed by atoms with Gasteiger partial charge in [-0.3, -0.25) is 4.90 Å². The Morgan fingerprint density at radius 3 is 2.52 bits per heavy atom. The highest BCUT2D eigenvalue weighted by molar-refractivity contribution is 5.38. The summed E-state index contributed by atoms with van der Waals surface area (Å²) in [5.74, 6) is 0.638. The van der Waals surface area contributed by atoms with Crippen molar-refractivity contribution in [3.05, 3.63) is 29.3 Å². The molecule has 1 rings (SSSR count). The maximum Gasteiger partial charge on any atom is 0.401 e. The summed E-state index contributed by atoms with van der Waals surface area (Å²) >= 11 is 0. The van der Waals surface area contributed by atoms with Crippen LogP contribution >= 0.6 is 0 Å². The molecule has 0 amide bonds. The third kappa shape index (κ3) is 5.93. The highest BCUT2D eigenvalue weighted by atomic mass is 19.4. The largest absolute Gasteiger partial charge is 0.494 e. The van der Waals surface area contributed by atoms with E-state index in [1.165, 1.54) is 11.9 Å². The lowest BCUT2D eigenvalue weighted by atomic mass is 10.0. The maximum absolute atomic E-state index is 12.4. The molecule has 0 saturated heterocycles.